The van der Waals surface area contributed by atoms with Crippen LogP contribution in [0.15, 0.2) is 0 Å². The van der Waals surface area contributed by atoms with Crippen molar-refractivity contribution in [2.24, 2.45) is 17.6 Å². The van der Waals surface area contributed by atoms with Gasteiger partial charge in [0.15, 0.2) is 0 Å². The van der Waals surface area contributed by atoms with E-state index in [9.17, 15) is 0 Å². The Hall–Kier alpha value is -0.0800. The highest BCUT2D eigenvalue weighted by atomic mass is 15.1. The minimum absolute atomic E-state index is 0.380. The number of hydrogen-bond acceptors (Lipinski definition) is 2. The lowest BCUT2D eigenvalue weighted by molar-refractivity contribution is 0.259. The summed E-state index contributed by atoms with van der Waals surface area (Å²) < 4.78 is 0. The fourth-order valence-electron chi connectivity index (χ4n) is 2.52. The molecule has 2 heteroatoms. The predicted molar refractivity (Wildman–Crippen MR) is 71.5 cm³/mol. The molecule has 1 aliphatic rings. The SMILES string of the molecule is CCC1CCCN(CCC(N)C(C)C)CC1. The van der Waals surface area contributed by atoms with Crippen LogP contribution in [0.5, 0.6) is 0 Å². The van der Waals surface area contributed by atoms with Crippen LogP contribution in [0.25, 0.3) is 0 Å². The molecule has 96 valence electrons. The molecule has 2 unspecified atom stereocenters. The van der Waals surface area contributed by atoms with Crippen LogP contribution < -0.4 is 5.73 Å². The second-order valence-corrected chi connectivity index (χ2v) is 5.74. The lowest BCUT2D eigenvalue weighted by Gasteiger charge is -2.23. The molecule has 0 aromatic heterocycles. The molecule has 0 aromatic carbocycles. The van der Waals surface area contributed by atoms with Crippen molar-refractivity contribution >= 4 is 0 Å². The average molecular weight is 226 g/mol. The second kappa shape index (κ2) is 7.29. The number of nitrogens with two attached hydrogens (primary N) is 1. The smallest absolute Gasteiger partial charge is 0.00740 e. The summed E-state index contributed by atoms with van der Waals surface area (Å²) in [5.41, 5.74) is 6.10. The molecule has 0 spiro atoms. The van der Waals surface area contributed by atoms with Crippen molar-refractivity contribution in [2.75, 3.05) is 19.6 Å². The Morgan fingerprint density at radius 3 is 2.62 bits per heavy atom. The highest BCUT2D eigenvalue weighted by molar-refractivity contribution is 4.72. The van der Waals surface area contributed by atoms with E-state index in [2.05, 4.69) is 25.7 Å². The van der Waals surface area contributed by atoms with Crippen molar-refractivity contribution < 1.29 is 0 Å². The lowest BCUT2D eigenvalue weighted by atomic mass is 9.98. The minimum Gasteiger partial charge on any atom is -0.327 e. The molecule has 1 rings (SSSR count). The molecular weight excluding hydrogens is 196 g/mol. The molecule has 0 saturated carbocycles. The summed E-state index contributed by atoms with van der Waals surface area (Å²) >= 11 is 0. The topological polar surface area (TPSA) is 29.3 Å². The van der Waals surface area contributed by atoms with Gasteiger partial charge in [0.1, 0.15) is 0 Å². The Morgan fingerprint density at radius 2 is 2.00 bits per heavy atom. The molecule has 1 heterocycles. The van der Waals surface area contributed by atoms with Crippen LogP contribution in [0, 0.1) is 11.8 Å². The Balaban J connectivity index is 2.22. The Bertz CT molecular complexity index is 180. The summed E-state index contributed by atoms with van der Waals surface area (Å²) in [4.78, 5) is 2.62. The summed E-state index contributed by atoms with van der Waals surface area (Å²) in [6.07, 6.45) is 6.74. The molecule has 2 atom stereocenters. The third kappa shape index (κ3) is 4.84. The maximum atomic E-state index is 6.10. The van der Waals surface area contributed by atoms with Crippen molar-refractivity contribution in [3.8, 4) is 0 Å². The summed E-state index contributed by atoms with van der Waals surface area (Å²) in [7, 11) is 0. The van der Waals surface area contributed by atoms with Crippen LogP contribution >= 0.6 is 0 Å². The van der Waals surface area contributed by atoms with Crippen molar-refractivity contribution in [2.45, 2.75) is 58.9 Å². The molecule has 2 N–H and O–H groups in total. The van der Waals surface area contributed by atoms with Gasteiger partial charge in [0.2, 0.25) is 0 Å². The van der Waals surface area contributed by atoms with Crippen LogP contribution in [-0.2, 0) is 0 Å². The second-order valence-electron chi connectivity index (χ2n) is 5.74. The number of rotatable bonds is 5. The van der Waals surface area contributed by atoms with E-state index < -0.39 is 0 Å². The Kier molecular flexibility index (Phi) is 6.37. The predicted octanol–water partition coefficient (Wildman–Crippen LogP) is 2.87. The Morgan fingerprint density at radius 1 is 1.25 bits per heavy atom. The zero-order valence-corrected chi connectivity index (χ0v) is 11.4. The molecule has 0 aliphatic carbocycles. The van der Waals surface area contributed by atoms with E-state index in [1.807, 2.05) is 0 Å². The maximum absolute atomic E-state index is 6.10. The summed E-state index contributed by atoms with van der Waals surface area (Å²) in [5.74, 6) is 1.60. The van der Waals surface area contributed by atoms with Gasteiger partial charge in [-0.05, 0) is 57.2 Å². The third-order valence-corrected chi connectivity index (χ3v) is 4.15. The fourth-order valence-corrected chi connectivity index (χ4v) is 2.52. The van der Waals surface area contributed by atoms with Gasteiger partial charge in [-0.2, -0.15) is 0 Å². The zero-order valence-electron chi connectivity index (χ0n) is 11.4. The van der Waals surface area contributed by atoms with Crippen LogP contribution in [0.2, 0.25) is 0 Å². The van der Waals surface area contributed by atoms with Gasteiger partial charge < -0.3 is 10.6 Å². The molecule has 16 heavy (non-hydrogen) atoms. The summed E-state index contributed by atoms with van der Waals surface area (Å²) in [5, 5.41) is 0. The quantitative estimate of drug-likeness (QED) is 0.781. The van der Waals surface area contributed by atoms with E-state index in [1.165, 1.54) is 45.3 Å². The minimum atomic E-state index is 0.380. The number of likely N-dealkylation sites (tertiary alicyclic amines) is 1. The van der Waals surface area contributed by atoms with E-state index in [1.54, 1.807) is 0 Å². The normalized spacial score (nSPS) is 25.7. The van der Waals surface area contributed by atoms with Gasteiger partial charge in [-0.3, -0.25) is 0 Å². The van der Waals surface area contributed by atoms with Gasteiger partial charge in [0.25, 0.3) is 0 Å². The average Bonchev–Trinajstić information content (AvgIpc) is 2.50. The monoisotopic (exact) mass is 226 g/mol. The zero-order chi connectivity index (χ0) is 12.0. The molecule has 0 radical (unpaired) electrons. The highest BCUT2D eigenvalue weighted by Gasteiger charge is 2.16. The molecule has 1 saturated heterocycles. The first-order chi connectivity index (χ1) is 7.63. The van der Waals surface area contributed by atoms with Crippen molar-refractivity contribution in [1.82, 2.24) is 4.90 Å². The van der Waals surface area contributed by atoms with Gasteiger partial charge >= 0.3 is 0 Å². The first-order valence-corrected chi connectivity index (χ1v) is 7.11. The fraction of sp³-hybridized carbons (Fsp3) is 1.00. The first kappa shape index (κ1) is 14.0. The van der Waals surface area contributed by atoms with Gasteiger partial charge in [-0.1, -0.05) is 27.2 Å². The molecule has 0 amide bonds. The highest BCUT2D eigenvalue weighted by Crippen LogP contribution is 2.20. The maximum Gasteiger partial charge on any atom is 0.00740 e. The van der Waals surface area contributed by atoms with Gasteiger partial charge in [0.05, 0.1) is 0 Å². The molecule has 0 aromatic rings. The van der Waals surface area contributed by atoms with Crippen LogP contribution in [0.1, 0.15) is 52.9 Å². The van der Waals surface area contributed by atoms with E-state index in [0.717, 1.165) is 12.3 Å². The van der Waals surface area contributed by atoms with E-state index in [-0.39, 0.29) is 0 Å². The third-order valence-electron chi connectivity index (χ3n) is 4.15. The van der Waals surface area contributed by atoms with E-state index in [4.69, 9.17) is 5.73 Å². The van der Waals surface area contributed by atoms with Crippen molar-refractivity contribution in [3.05, 3.63) is 0 Å². The van der Waals surface area contributed by atoms with Crippen LogP contribution in [0.3, 0.4) is 0 Å². The number of nitrogens with zero attached hydrogens (tertiary/aromatic N) is 1. The molecule has 1 fully saturated rings. The molecule has 1 aliphatic heterocycles. The van der Waals surface area contributed by atoms with E-state index >= 15 is 0 Å². The van der Waals surface area contributed by atoms with Gasteiger partial charge in [-0.15, -0.1) is 0 Å². The van der Waals surface area contributed by atoms with Gasteiger partial charge in [0, 0.05) is 6.04 Å². The summed E-state index contributed by atoms with van der Waals surface area (Å²) in [6.45, 7) is 10.6. The summed E-state index contributed by atoms with van der Waals surface area (Å²) in [6, 6.07) is 0.380. The lowest BCUT2D eigenvalue weighted by Crippen LogP contribution is -2.34. The van der Waals surface area contributed by atoms with Crippen molar-refractivity contribution in [3.63, 3.8) is 0 Å². The van der Waals surface area contributed by atoms with Gasteiger partial charge in [-0.25, -0.2) is 0 Å². The van der Waals surface area contributed by atoms with Crippen molar-refractivity contribution in [1.29, 1.82) is 0 Å². The standard InChI is InChI=1S/C14H30N2/c1-4-13-6-5-9-16(10-7-13)11-8-14(15)12(2)3/h12-14H,4-11,15H2,1-3H3. The molecular formula is C14H30N2. The number of hydrogen-bond donors (Lipinski definition) is 1. The van der Waals surface area contributed by atoms with Crippen LogP contribution in [-0.4, -0.2) is 30.6 Å². The Labute approximate surface area is 102 Å². The molecule has 0 bridgehead atoms. The van der Waals surface area contributed by atoms with Crippen LogP contribution in [0.4, 0.5) is 0 Å². The largest absolute Gasteiger partial charge is 0.327 e. The molecule has 2 nitrogen and oxygen atoms in total. The first-order valence-electron chi connectivity index (χ1n) is 7.11. The van der Waals surface area contributed by atoms with E-state index in [0.29, 0.717) is 12.0 Å².